The summed E-state index contributed by atoms with van der Waals surface area (Å²) in [4.78, 5) is 12.5. The van der Waals surface area contributed by atoms with Crippen molar-refractivity contribution in [2.75, 3.05) is 0 Å². The molecule has 1 aromatic rings. The van der Waals surface area contributed by atoms with Crippen LogP contribution in [0.3, 0.4) is 0 Å². The van der Waals surface area contributed by atoms with Gasteiger partial charge in [0.1, 0.15) is 5.83 Å². The third-order valence-corrected chi connectivity index (χ3v) is 6.41. The largest absolute Gasteiger partial charge is 0.461 e. The minimum atomic E-state index is -2.03. The molecule has 1 aliphatic heterocycles. The van der Waals surface area contributed by atoms with Crippen LogP contribution in [-0.2, 0) is 20.7 Å². The molecule has 0 saturated heterocycles. The topological polar surface area (TPSA) is 35.5 Å². The van der Waals surface area contributed by atoms with Gasteiger partial charge in [-0.05, 0) is 37.4 Å². The lowest BCUT2D eigenvalue weighted by atomic mass is 10.0. The Morgan fingerprint density at radius 2 is 1.92 bits per heavy atom. The zero-order valence-corrected chi connectivity index (χ0v) is 16.8. The molecule has 138 valence electrons. The fraction of sp³-hybridized carbons (Fsp3) is 0.550. The van der Waals surface area contributed by atoms with Crippen molar-refractivity contribution in [3.05, 3.63) is 46.9 Å². The molecular weight excluding hydrogens is 335 g/mol. The number of benzene rings is 1. The summed E-state index contributed by atoms with van der Waals surface area (Å²) >= 11 is 0. The van der Waals surface area contributed by atoms with Crippen molar-refractivity contribution in [1.29, 1.82) is 0 Å². The molecule has 1 aliphatic rings. The molecule has 25 heavy (non-hydrogen) atoms. The molecule has 0 aromatic heterocycles. The molecule has 0 amide bonds. The van der Waals surface area contributed by atoms with Crippen LogP contribution in [0.4, 0.5) is 4.39 Å². The van der Waals surface area contributed by atoms with Gasteiger partial charge >= 0.3 is 5.97 Å². The Labute approximate surface area is 151 Å². The number of hydrogen-bond donors (Lipinski definition) is 0. The first kappa shape index (κ1) is 19.9. The van der Waals surface area contributed by atoms with Crippen LogP contribution in [0.1, 0.15) is 32.3 Å². The van der Waals surface area contributed by atoms with Crippen molar-refractivity contribution >= 4 is 14.0 Å². The molecule has 3 nitrogen and oxygen atoms in total. The maximum atomic E-state index is 14.9. The Morgan fingerprint density at radius 3 is 2.48 bits per heavy atom. The Kier molecular flexibility index (Phi) is 6.57. The highest BCUT2D eigenvalue weighted by molar-refractivity contribution is 6.83. The van der Waals surface area contributed by atoms with Crippen molar-refractivity contribution in [2.24, 2.45) is 0 Å². The molecule has 2 atom stereocenters. The molecular formula is C20H29FO3Si. The monoisotopic (exact) mass is 364 g/mol. The second kappa shape index (κ2) is 8.28. The van der Waals surface area contributed by atoms with E-state index >= 15 is 0 Å². The van der Waals surface area contributed by atoms with E-state index in [1.807, 2.05) is 50.0 Å². The first-order valence-electron chi connectivity index (χ1n) is 8.97. The average molecular weight is 365 g/mol. The molecule has 1 aromatic carbocycles. The highest BCUT2D eigenvalue weighted by atomic mass is 28.3. The number of halogens is 1. The van der Waals surface area contributed by atoms with Gasteiger partial charge in [-0.1, -0.05) is 50.0 Å². The maximum absolute atomic E-state index is 14.9. The molecule has 0 aliphatic carbocycles. The van der Waals surface area contributed by atoms with E-state index < -0.39 is 20.1 Å². The standard InChI is InChI=1S/C20H29FO3Si/c1-14(2)23-20(22)18-19(25(3,4)5)17(21)13-16(24-18)12-11-15-9-7-6-8-10-15/h6-10,14,16,18H,11-13H2,1-5H3/t16-,18+/m1/s1. The highest BCUT2D eigenvalue weighted by Gasteiger charge is 2.42. The summed E-state index contributed by atoms with van der Waals surface area (Å²) in [5.41, 5.74) is 1.19. The lowest BCUT2D eigenvalue weighted by molar-refractivity contribution is -0.163. The van der Waals surface area contributed by atoms with Crippen LogP contribution in [0.5, 0.6) is 0 Å². The van der Waals surface area contributed by atoms with Crippen molar-refractivity contribution in [1.82, 2.24) is 0 Å². The van der Waals surface area contributed by atoms with E-state index in [0.717, 1.165) is 6.42 Å². The van der Waals surface area contributed by atoms with E-state index in [1.54, 1.807) is 13.8 Å². The van der Waals surface area contributed by atoms with Crippen LogP contribution in [0.15, 0.2) is 41.4 Å². The van der Waals surface area contributed by atoms with Gasteiger partial charge in [0.25, 0.3) is 0 Å². The van der Waals surface area contributed by atoms with Crippen LogP contribution in [0.2, 0.25) is 19.6 Å². The minimum absolute atomic E-state index is 0.172. The van der Waals surface area contributed by atoms with Gasteiger partial charge in [0, 0.05) is 6.42 Å². The quantitative estimate of drug-likeness (QED) is 0.536. The van der Waals surface area contributed by atoms with Gasteiger partial charge in [0.15, 0.2) is 6.10 Å². The normalized spacial score (nSPS) is 21.6. The molecule has 0 saturated carbocycles. The lowest BCUT2D eigenvalue weighted by Crippen LogP contribution is -2.45. The van der Waals surface area contributed by atoms with Gasteiger partial charge in [0.2, 0.25) is 0 Å². The van der Waals surface area contributed by atoms with Gasteiger partial charge in [-0.25, -0.2) is 9.18 Å². The average Bonchev–Trinajstić information content (AvgIpc) is 2.51. The zero-order valence-electron chi connectivity index (χ0n) is 15.8. The van der Waals surface area contributed by atoms with Crippen molar-refractivity contribution < 1.29 is 18.7 Å². The summed E-state index contributed by atoms with van der Waals surface area (Å²) in [5.74, 6) is -0.638. The SMILES string of the molecule is CC(C)OC(=O)[C@H]1O[C@H](CCc2ccccc2)CC(F)=C1[Si](C)(C)C. The first-order chi connectivity index (χ1) is 11.7. The fourth-order valence-electron chi connectivity index (χ4n) is 3.17. The Balaban J connectivity index is 2.16. The van der Waals surface area contributed by atoms with Crippen molar-refractivity contribution in [2.45, 2.75) is 71.1 Å². The Morgan fingerprint density at radius 1 is 1.28 bits per heavy atom. The predicted octanol–water partition coefficient (Wildman–Crippen LogP) is 4.83. The smallest absolute Gasteiger partial charge is 0.339 e. The number of rotatable bonds is 6. The molecule has 2 rings (SSSR count). The van der Waals surface area contributed by atoms with Gasteiger partial charge < -0.3 is 9.47 Å². The number of carbonyl (C=O) groups is 1. The predicted molar refractivity (Wildman–Crippen MR) is 101 cm³/mol. The van der Waals surface area contributed by atoms with Gasteiger partial charge in [-0.2, -0.15) is 0 Å². The Hall–Kier alpha value is -1.46. The summed E-state index contributed by atoms with van der Waals surface area (Å²) in [7, 11) is -2.03. The number of aryl methyl sites for hydroxylation is 1. The maximum Gasteiger partial charge on any atom is 0.339 e. The van der Waals surface area contributed by atoms with E-state index in [-0.39, 0.29) is 24.5 Å². The lowest BCUT2D eigenvalue weighted by Gasteiger charge is -2.36. The number of ether oxygens (including phenoxy) is 2. The van der Waals surface area contributed by atoms with Crippen LogP contribution in [0, 0.1) is 0 Å². The second-order valence-corrected chi connectivity index (χ2v) is 13.0. The summed E-state index contributed by atoms with van der Waals surface area (Å²) < 4.78 is 26.3. The first-order valence-corrected chi connectivity index (χ1v) is 12.5. The van der Waals surface area contributed by atoms with E-state index in [0.29, 0.717) is 11.6 Å². The molecule has 1 heterocycles. The summed E-state index contributed by atoms with van der Waals surface area (Å²) in [5, 5.41) is 0.550. The molecule has 5 heteroatoms. The summed E-state index contributed by atoms with van der Waals surface area (Å²) in [6.07, 6.45) is 0.285. The zero-order chi connectivity index (χ0) is 18.6. The molecule has 0 N–H and O–H groups in total. The van der Waals surface area contributed by atoms with E-state index in [1.165, 1.54) is 5.56 Å². The van der Waals surface area contributed by atoms with Gasteiger partial charge in [-0.15, -0.1) is 0 Å². The number of carbonyl (C=O) groups excluding carboxylic acids is 1. The number of esters is 1. The minimum Gasteiger partial charge on any atom is -0.461 e. The molecule has 0 unspecified atom stereocenters. The van der Waals surface area contributed by atoms with Crippen LogP contribution in [-0.4, -0.2) is 32.4 Å². The van der Waals surface area contributed by atoms with Gasteiger partial charge in [0.05, 0.1) is 20.3 Å². The second-order valence-electron chi connectivity index (χ2n) is 7.92. The number of hydrogen-bond acceptors (Lipinski definition) is 3. The van der Waals surface area contributed by atoms with E-state index in [9.17, 15) is 9.18 Å². The van der Waals surface area contributed by atoms with Crippen LogP contribution in [0.25, 0.3) is 0 Å². The Bertz CT molecular complexity index is 620. The molecule has 0 radical (unpaired) electrons. The molecule has 0 fully saturated rings. The fourth-order valence-corrected chi connectivity index (χ4v) is 5.06. The summed E-state index contributed by atoms with van der Waals surface area (Å²) in [6, 6.07) is 10.1. The van der Waals surface area contributed by atoms with Crippen molar-refractivity contribution in [3.63, 3.8) is 0 Å². The van der Waals surface area contributed by atoms with E-state index in [4.69, 9.17) is 9.47 Å². The third-order valence-electron chi connectivity index (χ3n) is 4.26. The highest BCUT2D eigenvalue weighted by Crippen LogP contribution is 2.35. The van der Waals surface area contributed by atoms with Crippen LogP contribution >= 0.6 is 0 Å². The van der Waals surface area contributed by atoms with Gasteiger partial charge in [-0.3, -0.25) is 0 Å². The third kappa shape index (κ3) is 5.51. The van der Waals surface area contributed by atoms with E-state index in [2.05, 4.69) is 0 Å². The van der Waals surface area contributed by atoms with Crippen molar-refractivity contribution in [3.8, 4) is 0 Å². The molecule has 0 bridgehead atoms. The van der Waals surface area contributed by atoms with Crippen LogP contribution < -0.4 is 0 Å². The summed E-state index contributed by atoms with van der Waals surface area (Å²) in [6.45, 7) is 9.69. The molecule has 0 spiro atoms.